The summed E-state index contributed by atoms with van der Waals surface area (Å²) in [4.78, 5) is 15.2. The Morgan fingerprint density at radius 2 is 2.15 bits per heavy atom. The number of nitrogens with zero attached hydrogens (tertiary/aromatic N) is 1. The summed E-state index contributed by atoms with van der Waals surface area (Å²) in [5.74, 6) is -0.664. The van der Waals surface area contributed by atoms with E-state index in [0.717, 1.165) is 5.56 Å². The Labute approximate surface area is 119 Å². The quantitative estimate of drug-likeness (QED) is 0.805. The van der Waals surface area contributed by atoms with Crippen LogP contribution in [-0.4, -0.2) is 10.9 Å². The van der Waals surface area contributed by atoms with E-state index in [4.69, 9.17) is 23.1 Å². The molecule has 0 aliphatic rings. The van der Waals surface area contributed by atoms with Crippen LogP contribution in [0.2, 0.25) is 5.02 Å². The van der Waals surface area contributed by atoms with Crippen molar-refractivity contribution in [2.45, 2.75) is 6.54 Å². The first kappa shape index (κ1) is 14.1. The van der Waals surface area contributed by atoms with Gasteiger partial charge in [-0.15, -0.1) is 0 Å². The second-order valence-electron chi connectivity index (χ2n) is 4.12. The summed E-state index contributed by atoms with van der Waals surface area (Å²) in [7, 11) is 0. The lowest BCUT2D eigenvalue weighted by Gasteiger charge is -2.08. The molecule has 7 heteroatoms. The van der Waals surface area contributed by atoms with Crippen molar-refractivity contribution in [1.82, 2.24) is 4.98 Å². The predicted octanol–water partition coefficient (Wildman–Crippen LogP) is 2.17. The molecule has 1 heterocycles. The largest absolute Gasteiger partial charge is 0.397 e. The molecule has 5 nitrogen and oxygen atoms in total. The molecule has 0 aliphatic heterocycles. The fourth-order valence-electron chi connectivity index (χ4n) is 1.62. The highest BCUT2D eigenvalue weighted by molar-refractivity contribution is 6.30. The maximum Gasteiger partial charge on any atom is 0.250 e. The van der Waals surface area contributed by atoms with Crippen LogP contribution in [0, 0.1) is 5.82 Å². The lowest BCUT2D eigenvalue weighted by Crippen LogP contribution is -2.14. The molecule has 0 saturated heterocycles. The van der Waals surface area contributed by atoms with E-state index in [1.54, 1.807) is 6.07 Å². The zero-order valence-corrected chi connectivity index (χ0v) is 11.1. The van der Waals surface area contributed by atoms with Crippen LogP contribution in [0.5, 0.6) is 0 Å². The Hall–Kier alpha value is -2.34. The molecule has 2 rings (SSSR count). The van der Waals surface area contributed by atoms with E-state index >= 15 is 0 Å². The number of anilines is 2. The number of amides is 1. The molecule has 0 aliphatic carbocycles. The molecular formula is C13H12ClFN4O. The second-order valence-corrected chi connectivity index (χ2v) is 4.53. The van der Waals surface area contributed by atoms with Gasteiger partial charge in [0.1, 0.15) is 11.6 Å². The average Bonchev–Trinajstić information content (AvgIpc) is 2.41. The van der Waals surface area contributed by atoms with Crippen LogP contribution in [-0.2, 0) is 6.54 Å². The number of rotatable bonds is 4. The van der Waals surface area contributed by atoms with Crippen LogP contribution in [0.1, 0.15) is 15.9 Å². The van der Waals surface area contributed by atoms with Gasteiger partial charge in [0, 0.05) is 6.54 Å². The minimum atomic E-state index is -0.627. The topological polar surface area (TPSA) is 94.0 Å². The Kier molecular flexibility index (Phi) is 4.05. The zero-order chi connectivity index (χ0) is 14.7. The number of pyridine rings is 1. The SMILES string of the molecule is NC(=O)c1cc(NCc2ccc(F)c(Cl)c2)ncc1N. The highest BCUT2D eigenvalue weighted by Crippen LogP contribution is 2.18. The van der Waals surface area contributed by atoms with Crippen LogP contribution in [0.3, 0.4) is 0 Å². The molecule has 1 aromatic heterocycles. The summed E-state index contributed by atoms with van der Waals surface area (Å²) in [6, 6.07) is 5.85. The molecule has 1 amide bonds. The van der Waals surface area contributed by atoms with Crippen LogP contribution < -0.4 is 16.8 Å². The third-order valence-electron chi connectivity index (χ3n) is 2.66. The number of primary amides is 1. The molecule has 0 bridgehead atoms. The van der Waals surface area contributed by atoms with Crippen LogP contribution in [0.25, 0.3) is 0 Å². The first-order valence-electron chi connectivity index (χ1n) is 5.70. The average molecular weight is 295 g/mol. The minimum Gasteiger partial charge on any atom is -0.397 e. The highest BCUT2D eigenvalue weighted by atomic mass is 35.5. The maximum atomic E-state index is 13.0. The third kappa shape index (κ3) is 3.16. The van der Waals surface area contributed by atoms with Crippen molar-refractivity contribution in [3.05, 3.63) is 52.4 Å². The number of nitrogens with one attached hydrogen (secondary N) is 1. The first-order valence-corrected chi connectivity index (χ1v) is 6.08. The van der Waals surface area contributed by atoms with Gasteiger partial charge in [0.05, 0.1) is 22.5 Å². The lowest BCUT2D eigenvalue weighted by atomic mass is 10.2. The fraction of sp³-hybridized carbons (Fsp3) is 0.0769. The van der Waals surface area contributed by atoms with E-state index in [-0.39, 0.29) is 16.3 Å². The Bertz CT molecular complexity index is 663. The van der Waals surface area contributed by atoms with Crippen molar-refractivity contribution in [2.75, 3.05) is 11.1 Å². The number of hydrogen-bond acceptors (Lipinski definition) is 4. The van der Waals surface area contributed by atoms with Gasteiger partial charge in [-0.2, -0.15) is 0 Å². The molecule has 0 saturated carbocycles. The normalized spacial score (nSPS) is 10.3. The van der Waals surface area contributed by atoms with Gasteiger partial charge in [0.15, 0.2) is 0 Å². The third-order valence-corrected chi connectivity index (χ3v) is 2.95. The molecule has 0 radical (unpaired) electrons. The summed E-state index contributed by atoms with van der Waals surface area (Å²) >= 11 is 5.69. The van der Waals surface area contributed by atoms with Gasteiger partial charge in [0.25, 0.3) is 5.91 Å². The number of nitrogens with two attached hydrogens (primary N) is 2. The van der Waals surface area contributed by atoms with Crippen molar-refractivity contribution >= 4 is 29.0 Å². The highest BCUT2D eigenvalue weighted by Gasteiger charge is 2.08. The van der Waals surface area contributed by atoms with Crippen molar-refractivity contribution in [1.29, 1.82) is 0 Å². The smallest absolute Gasteiger partial charge is 0.250 e. The van der Waals surface area contributed by atoms with Gasteiger partial charge in [-0.25, -0.2) is 9.37 Å². The number of hydrogen-bond donors (Lipinski definition) is 3. The van der Waals surface area contributed by atoms with Gasteiger partial charge in [-0.3, -0.25) is 4.79 Å². The summed E-state index contributed by atoms with van der Waals surface area (Å²) < 4.78 is 13.0. The molecule has 0 fully saturated rings. The van der Waals surface area contributed by atoms with Gasteiger partial charge in [-0.05, 0) is 23.8 Å². The van der Waals surface area contributed by atoms with Crippen LogP contribution in [0.4, 0.5) is 15.9 Å². The molecular weight excluding hydrogens is 283 g/mol. The van der Waals surface area contributed by atoms with Crippen molar-refractivity contribution in [3.63, 3.8) is 0 Å². The van der Waals surface area contributed by atoms with Crippen molar-refractivity contribution in [3.8, 4) is 0 Å². The Morgan fingerprint density at radius 3 is 2.80 bits per heavy atom. The van der Waals surface area contributed by atoms with E-state index in [2.05, 4.69) is 10.3 Å². The standard InChI is InChI=1S/C13H12ClFN4O/c14-9-3-7(1-2-10(9)15)5-18-12-4-8(13(17)20)11(16)6-19-12/h1-4,6H,5,16H2,(H2,17,20)(H,18,19). The Balaban J connectivity index is 2.12. The number of halogens is 2. The predicted molar refractivity (Wildman–Crippen MR) is 75.9 cm³/mol. The summed E-state index contributed by atoms with van der Waals surface area (Å²) in [5.41, 5.74) is 12.0. The fourth-order valence-corrected chi connectivity index (χ4v) is 1.82. The minimum absolute atomic E-state index is 0.0485. The van der Waals surface area contributed by atoms with Crippen LogP contribution >= 0.6 is 11.6 Å². The number of nitrogen functional groups attached to an aromatic ring is 1. The molecule has 5 N–H and O–H groups in total. The van der Waals surface area contributed by atoms with Gasteiger partial charge in [0.2, 0.25) is 0 Å². The number of aromatic nitrogens is 1. The maximum absolute atomic E-state index is 13.0. The molecule has 0 unspecified atom stereocenters. The van der Waals surface area contributed by atoms with E-state index in [1.165, 1.54) is 24.4 Å². The summed E-state index contributed by atoms with van der Waals surface area (Å²) in [6.45, 7) is 0.370. The van der Waals surface area contributed by atoms with E-state index < -0.39 is 11.7 Å². The molecule has 20 heavy (non-hydrogen) atoms. The number of carbonyl (C=O) groups excluding carboxylic acids is 1. The summed E-state index contributed by atoms with van der Waals surface area (Å²) in [6.07, 6.45) is 1.35. The summed E-state index contributed by atoms with van der Waals surface area (Å²) in [5, 5.41) is 3.02. The van der Waals surface area contributed by atoms with Crippen molar-refractivity contribution in [2.24, 2.45) is 5.73 Å². The van der Waals surface area contributed by atoms with Crippen LogP contribution in [0.15, 0.2) is 30.5 Å². The van der Waals surface area contributed by atoms with Gasteiger partial charge < -0.3 is 16.8 Å². The molecule has 104 valence electrons. The number of carbonyl (C=O) groups is 1. The lowest BCUT2D eigenvalue weighted by molar-refractivity contribution is 0.100. The molecule has 0 atom stereocenters. The molecule has 0 spiro atoms. The van der Waals surface area contributed by atoms with Gasteiger partial charge in [-0.1, -0.05) is 17.7 Å². The Morgan fingerprint density at radius 1 is 1.40 bits per heavy atom. The first-order chi connectivity index (χ1) is 9.47. The number of benzene rings is 1. The van der Waals surface area contributed by atoms with E-state index in [9.17, 15) is 9.18 Å². The molecule has 2 aromatic rings. The monoisotopic (exact) mass is 294 g/mol. The van der Waals surface area contributed by atoms with Crippen molar-refractivity contribution < 1.29 is 9.18 Å². The van der Waals surface area contributed by atoms with Gasteiger partial charge >= 0.3 is 0 Å². The second kappa shape index (κ2) is 5.75. The molecule has 1 aromatic carbocycles. The van der Waals surface area contributed by atoms with E-state index in [1.807, 2.05) is 0 Å². The van der Waals surface area contributed by atoms with E-state index in [0.29, 0.717) is 12.4 Å². The zero-order valence-electron chi connectivity index (χ0n) is 10.4.